The van der Waals surface area contributed by atoms with Crippen molar-refractivity contribution in [2.75, 3.05) is 0 Å². The van der Waals surface area contributed by atoms with Gasteiger partial charge in [-0.25, -0.2) is 24.7 Å². The van der Waals surface area contributed by atoms with Crippen molar-refractivity contribution in [3.05, 3.63) is 86.7 Å². The summed E-state index contributed by atoms with van der Waals surface area (Å²) in [6.07, 6.45) is 1.75. The molecular weight excluding hydrogens is 892 g/mol. The van der Waals surface area contributed by atoms with E-state index in [9.17, 15) is 9.59 Å². The monoisotopic (exact) mass is 928 g/mol. The van der Waals surface area contributed by atoms with Crippen LogP contribution >= 0.6 is 58.0 Å². The Hall–Kier alpha value is -3.27. The average Bonchev–Trinajstić information content (AvgIpc) is 3.63. The summed E-state index contributed by atoms with van der Waals surface area (Å²) in [4.78, 5) is 46.8. The molecule has 0 aliphatic carbocycles. The van der Waals surface area contributed by atoms with Gasteiger partial charge in [-0.2, -0.15) is 9.78 Å². The van der Waals surface area contributed by atoms with Gasteiger partial charge in [-0.3, -0.25) is 0 Å². The largest absolute Gasteiger partial charge is 0.442 e. The molecule has 0 radical (unpaired) electrons. The number of halogens is 5. The fourth-order valence-electron chi connectivity index (χ4n) is 4.59. The first-order valence-corrected chi connectivity index (χ1v) is 27.9. The van der Waals surface area contributed by atoms with Gasteiger partial charge in [0, 0.05) is 5.39 Å². The fourth-order valence-corrected chi connectivity index (χ4v) is 9.35. The van der Waals surface area contributed by atoms with Crippen molar-refractivity contribution in [1.82, 2.24) is 39.5 Å². The van der Waals surface area contributed by atoms with Gasteiger partial charge in [-0.15, -0.1) is 0 Å². The minimum atomic E-state index is -2.38. The Morgan fingerprint density at radius 2 is 1.08 bits per heavy atom. The van der Waals surface area contributed by atoms with Crippen molar-refractivity contribution >= 4 is 114 Å². The molecule has 6 rings (SSSR count). The van der Waals surface area contributed by atoms with Crippen LogP contribution in [0.2, 0.25) is 40.6 Å². The third-order valence-electron chi connectivity index (χ3n) is 6.63. The number of benzene rings is 2. The Morgan fingerprint density at radius 3 is 1.57 bits per heavy atom. The minimum Gasteiger partial charge on any atom is -0.442 e. The Kier molecular flexibility index (Phi) is 13.6. The number of ether oxygens (including phenoxy) is 2. The van der Waals surface area contributed by atoms with Gasteiger partial charge in [0.05, 0.1) is 28.0 Å². The molecule has 0 atom stereocenters. The summed E-state index contributed by atoms with van der Waals surface area (Å²) in [6.45, 7) is 11.0. The zero-order chi connectivity index (χ0) is 39.5. The number of nitrogens with zero attached hydrogens (tertiary/aromatic N) is 8. The summed E-state index contributed by atoms with van der Waals surface area (Å²) in [5.74, 6) is 0. The van der Waals surface area contributed by atoms with E-state index in [2.05, 4.69) is 45.0 Å². The number of para-hydroxylation sites is 2. The van der Waals surface area contributed by atoms with E-state index in [1.54, 1.807) is 26.8 Å². The van der Waals surface area contributed by atoms with Crippen molar-refractivity contribution < 1.29 is 19.1 Å². The number of hydrogen-bond donors (Lipinski definition) is 0. The predicted octanol–water partition coefficient (Wildman–Crippen LogP) is 10.4. The van der Waals surface area contributed by atoms with Crippen LogP contribution in [0, 0.1) is 0 Å². The first-order valence-electron chi connectivity index (χ1n) is 16.0. The van der Waals surface area contributed by atoms with Gasteiger partial charge in [0.15, 0.2) is 5.15 Å². The van der Waals surface area contributed by atoms with E-state index < -0.39 is 41.8 Å². The molecule has 12 nitrogen and oxygen atoms in total. The standard InChI is InChI=1S/C16H14Cl2N4O2.C12H13N2O2.C4HCl3N2.3CH3.Sn/c1-16(2,3)24-15(23)22-11-7-5-4-6-9(11)12(21-22)13-10(17)8-19-14(18)20-13;1-12(2,3)16-11(15)14-10-7-5-4-6-9(10)8-13-14;5-2-1-8-4(7)9-3(2)6;;;;/h4-8H,1-3H3;4-7H,1-3H3;1H;3*1H3;. The SMILES string of the molecule is CC(C)(C)OC(=O)n1n[c]([Sn]([CH3])([CH3])[CH3])c2ccccc21.CC(C)(C)OC(=O)n1nc(-c2nc(Cl)ncc2Cl)c2ccccc21.Clc1ncc(Cl)c(Cl)n1. The summed E-state index contributed by atoms with van der Waals surface area (Å²) in [5.41, 5.74) is 1.06. The molecule has 0 saturated heterocycles. The number of hydrogen-bond acceptors (Lipinski definition) is 10. The van der Waals surface area contributed by atoms with E-state index in [4.69, 9.17) is 67.5 Å². The molecule has 0 aliphatic rings. The zero-order valence-corrected chi connectivity index (χ0v) is 37.0. The quantitative estimate of drug-likeness (QED) is 0.0936. The van der Waals surface area contributed by atoms with Crippen molar-refractivity contribution in [3.8, 4) is 11.4 Å². The van der Waals surface area contributed by atoms with Gasteiger partial charge in [-0.1, -0.05) is 53.0 Å². The number of carbonyl (C=O) groups excluding carboxylic acids is 2. The molecule has 0 saturated carbocycles. The van der Waals surface area contributed by atoms with Crippen molar-refractivity contribution in [2.45, 2.75) is 67.6 Å². The Morgan fingerprint density at radius 1 is 0.623 bits per heavy atom. The molecule has 280 valence electrons. The van der Waals surface area contributed by atoms with Crippen LogP contribution in [0.4, 0.5) is 9.59 Å². The molecule has 53 heavy (non-hydrogen) atoms. The van der Waals surface area contributed by atoms with Crippen LogP contribution in [-0.2, 0) is 9.47 Å². The molecule has 18 heteroatoms. The van der Waals surface area contributed by atoms with E-state index in [-0.39, 0.29) is 15.7 Å². The molecule has 6 aromatic rings. The zero-order valence-electron chi connectivity index (χ0n) is 30.4. The number of rotatable bonds is 2. The number of carbonyl (C=O) groups is 2. The van der Waals surface area contributed by atoms with Gasteiger partial charge in [0.1, 0.15) is 17.0 Å². The number of aromatic nitrogens is 8. The van der Waals surface area contributed by atoms with Gasteiger partial charge < -0.3 is 4.74 Å². The molecule has 0 unspecified atom stereocenters. The second-order valence-electron chi connectivity index (χ2n) is 14.4. The molecular formula is C35H37Cl5N8O4Sn. The summed E-state index contributed by atoms with van der Waals surface area (Å²) in [6, 6.07) is 15.1. The van der Waals surface area contributed by atoms with Crippen LogP contribution in [0.3, 0.4) is 0 Å². The van der Waals surface area contributed by atoms with Crippen LogP contribution < -0.4 is 3.71 Å². The molecule has 0 amide bonds. The molecule has 0 spiro atoms. The van der Waals surface area contributed by atoms with E-state index in [1.165, 1.54) is 21.8 Å². The second kappa shape index (κ2) is 17.0. The Labute approximate surface area is 335 Å². The minimum absolute atomic E-state index is 0.0466. The maximum Gasteiger partial charge on any atom is 0.435 e. The number of fused-ring (bicyclic) bond motifs is 2. The molecule has 2 aromatic carbocycles. The maximum atomic E-state index is 12.5. The van der Waals surface area contributed by atoms with Gasteiger partial charge >= 0.3 is 130 Å². The topological polar surface area (TPSA) is 140 Å². The van der Waals surface area contributed by atoms with Crippen molar-refractivity contribution in [3.63, 3.8) is 0 Å². The average molecular weight is 930 g/mol. The molecule has 0 bridgehead atoms. The van der Waals surface area contributed by atoms with E-state index in [0.29, 0.717) is 32.3 Å². The van der Waals surface area contributed by atoms with Crippen molar-refractivity contribution in [2.24, 2.45) is 0 Å². The second-order valence-corrected chi connectivity index (χ2v) is 30.4. The molecule has 4 heterocycles. The van der Waals surface area contributed by atoms with Gasteiger partial charge in [0.2, 0.25) is 10.6 Å². The smallest absolute Gasteiger partial charge is 0.435 e. The van der Waals surface area contributed by atoms with Gasteiger partial charge in [-0.05, 0) is 50.0 Å². The third-order valence-corrected chi connectivity index (χ3v) is 13.0. The normalized spacial score (nSPS) is 11.7. The molecule has 0 aliphatic heterocycles. The van der Waals surface area contributed by atoms with Gasteiger partial charge in [0.25, 0.3) is 0 Å². The van der Waals surface area contributed by atoms with Crippen LogP contribution in [0.5, 0.6) is 0 Å². The predicted molar refractivity (Wildman–Crippen MR) is 214 cm³/mol. The van der Waals surface area contributed by atoms with Crippen LogP contribution in [0.1, 0.15) is 41.5 Å². The van der Waals surface area contributed by atoms with E-state index in [1.807, 2.05) is 63.2 Å². The van der Waals surface area contributed by atoms with Crippen LogP contribution in [-0.4, -0.2) is 81.3 Å². The van der Waals surface area contributed by atoms with Crippen molar-refractivity contribution in [1.29, 1.82) is 0 Å². The van der Waals surface area contributed by atoms with E-state index >= 15 is 0 Å². The van der Waals surface area contributed by atoms with E-state index in [0.717, 1.165) is 14.6 Å². The first-order chi connectivity index (χ1) is 24.6. The van der Waals surface area contributed by atoms with Crippen LogP contribution in [0.25, 0.3) is 33.2 Å². The molecule has 4 aromatic heterocycles. The Bertz CT molecular complexity index is 2280. The summed E-state index contributed by atoms with van der Waals surface area (Å²) >= 11 is 25.9. The maximum absolute atomic E-state index is 12.5. The summed E-state index contributed by atoms with van der Waals surface area (Å²) in [5, 5.41) is 11.7. The first kappa shape index (κ1) is 42.5. The fraction of sp³-hybridized carbons (Fsp3) is 0.314. The Balaban J connectivity index is 0.000000195. The molecule has 0 N–H and O–H groups in total. The third kappa shape index (κ3) is 11.4. The summed E-state index contributed by atoms with van der Waals surface area (Å²) < 4.78 is 14.6. The molecule has 0 fully saturated rings. The summed E-state index contributed by atoms with van der Waals surface area (Å²) in [7, 11) is 0. The van der Waals surface area contributed by atoms with Crippen LogP contribution in [0.15, 0.2) is 60.9 Å².